The van der Waals surface area contributed by atoms with Gasteiger partial charge in [0.15, 0.2) is 0 Å². The van der Waals surface area contributed by atoms with E-state index in [0.717, 1.165) is 22.3 Å². The molecule has 2 amide bonds. The summed E-state index contributed by atoms with van der Waals surface area (Å²) in [7, 11) is 0. The molecule has 2 aromatic rings. The Morgan fingerprint density at radius 1 is 1.00 bits per heavy atom. The molecule has 1 heterocycles. The molecule has 2 atom stereocenters. The van der Waals surface area contributed by atoms with E-state index in [-0.39, 0.29) is 38.2 Å². The number of rotatable bonds is 7. The van der Waals surface area contributed by atoms with E-state index in [9.17, 15) is 19.5 Å². The number of nitrogens with one attached hydrogen (secondary N) is 2. The predicted molar refractivity (Wildman–Crippen MR) is 119 cm³/mol. The van der Waals surface area contributed by atoms with Gasteiger partial charge in [0.2, 0.25) is 5.91 Å². The van der Waals surface area contributed by atoms with E-state index >= 15 is 0 Å². The highest BCUT2D eigenvalue weighted by Crippen LogP contribution is 2.45. The third-order valence-corrected chi connectivity index (χ3v) is 6.97. The Hall–Kier alpha value is -3.39. The van der Waals surface area contributed by atoms with Gasteiger partial charge in [0.1, 0.15) is 6.61 Å². The largest absolute Gasteiger partial charge is 0.481 e. The second kappa shape index (κ2) is 8.51. The Bertz CT molecular complexity index is 1050. The highest BCUT2D eigenvalue weighted by atomic mass is 16.5. The van der Waals surface area contributed by atoms with Crippen molar-refractivity contribution < 1.29 is 29.0 Å². The van der Waals surface area contributed by atoms with Crippen molar-refractivity contribution in [2.45, 2.75) is 24.8 Å². The fourth-order valence-corrected chi connectivity index (χ4v) is 4.75. The van der Waals surface area contributed by atoms with Crippen molar-refractivity contribution >= 4 is 18.0 Å². The molecule has 0 bridgehead atoms. The SMILES string of the molecule is O=C(NC1COCC1C(=O)NCC1(C(=O)O)CC1)OCC1c2ccccc2-c2ccccc21. The molecule has 3 aliphatic rings. The Kier molecular flexibility index (Phi) is 5.54. The van der Waals surface area contributed by atoms with Gasteiger partial charge in [0, 0.05) is 12.5 Å². The number of carbonyl (C=O) groups is 3. The molecule has 2 aromatic carbocycles. The van der Waals surface area contributed by atoms with Crippen molar-refractivity contribution in [3.63, 3.8) is 0 Å². The van der Waals surface area contributed by atoms with Crippen molar-refractivity contribution in [1.82, 2.24) is 10.6 Å². The van der Waals surface area contributed by atoms with Crippen LogP contribution in [0.15, 0.2) is 48.5 Å². The summed E-state index contributed by atoms with van der Waals surface area (Å²) in [4.78, 5) is 36.5. The van der Waals surface area contributed by atoms with Crippen LogP contribution in [-0.2, 0) is 19.1 Å². The van der Waals surface area contributed by atoms with Gasteiger partial charge in [-0.2, -0.15) is 0 Å². The van der Waals surface area contributed by atoms with Gasteiger partial charge in [-0.05, 0) is 35.1 Å². The molecule has 0 radical (unpaired) electrons. The first-order valence-corrected chi connectivity index (χ1v) is 11.2. The van der Waals surface area contributed by atoms with Crippen molar-refractivity contribution in [2.24, 2.45) is 11.3 Å². The lowest BCUT2D eigenvalue weighted by Crippen LogP contribution is -2.47. The number of carbonyl (C=O) groups excluding carboxylic acids is 2. The van der Waals surface area contributed by atoms with E-state index in [0.29, 0.717) is 12.8 Å². The summed E-state index contributed by atoms with van der Waals surface area (Å²) < 4.78 is 11.0. The summed E-state index contributed by atoms with van der Waals surface area (Å²) in [5.74, 6) is -1.84. The van der Waals surface area contributed by atoms with Gasteiger partial charge in [0.05, 0.1) is 30.6 Å². The number of hydrogen-bond acceptors (Lipinski definition) is 5. The first-order valence-electron chi connectivity index (χ1n) is 11.2. The van der Waals surface area contributed by atoms with Crippen molar-refractivity contribution in [1.29, 1.82) is 0 Å². The first-order chi connectivity index (χ1) is 16.0. The van der Waals surface area contributed by atoms with Gasteiger partial charge in [0.25, 0.3) is 0 Å². The Labute approximate surface area is 191 Å². The molecule has 3 N–H and O–H groups in total. The molecule has 1 saturated carbocycles. The first kappa shape index (κ1) is 21.5. The lowest BCUT2D eigenvalue weighted by Gasteiger charge is -2.20. The van der Waals surface area contributed by atoms with Gasteiger partial charge >= 0.3 is 12.1 Å². The molecular formula is C25H26N2O6. The number of amides is 2. The third kappa shape index (κ3) is 4.06. The van der Waals surface area contributed by atoms with Crippen LogP contribution in [0.25, 0.3) is 11.1 Å². The fraction of sp³-hybridized carbons (Fsp3) is 0.400. The third-order valence-electron chi connectivity index (χ3n) is 6.97. The maximum atomic E-state index is 12.6. The summed E-state index contributed by atoms with van der Waals surface area (Å²) in [6.45, 7) is 0.646. The lowest BCUT2D eigenvalue weighted by molar-refractivity contribution is -0.143. The number of aliphatic carboxylic acids is 1. The van der Waals surface area contributed by atoms with E-state index in [1.54, 1.807) is 0 Å². The van der Waals surface area contributed by atoms with Crippen LogP contribution in [-0.4, -0.2) is 55.5 Å². The Morgan fingerprint density at radius 3 is 2.24 bits per heavy atom. The number of alkyl carbamates (subject to hydrolysis) is 1. The zero-order valence-corrected chi connectivity index (χ0v) is 18.1. The average Bonchev–Trinajstić information content (AvgIpc) is 3.38. The second-order valence-corrected chi connectivity index (χ2v) is 9.02. The van der Waals surface area contributed by atoms with Crippen LogP contribution in [0.1, 0.15) is 29.9 Å². The zero-order chi connectivity index (χ0) is 23.0. The van der Waals surface area contributed by atoms with E-state index in [4.69, 9.17) is 9.47 Å². The molecule has 0 spiro atoms. The molecule has 8 nitrogen and oxygen atoms in total. The predicted octanol–water partition coefficient (Wildman–Crippen LogP) is 2.52. The van der Waals surface area contributed by atoms with E-state index in [1.807, 2.05) is 24.3 Å². The zero-order valence-electron chi connectivity index (χ0n) is 18.1. The van der Waals surface area contributed by atoms with Crippen LogP contribution < -0.4 is 10.6 Å². The maximum absolute atomic E-state index is 12.6. The Balaban J connectivity index is 1.17. The summed E-state index contributed by atoms with van der Waals surface area (Å²) in [6.07, 6.45) is 0.519. The number of benzene rings is 2. The van der Waals surface area contributed by atoms with Gasteiger partial charge in [-0.25, -0.2) is 4.79 Å². The lowest BCUT2D eigenvalue weighted by atomic mass is 9.98. The molecule has 33 heavy (non-hydrogen) atoms. The van der Waals surface area contributed by atoms with Crippen LogP contribution in [0.2, 0.25) is 0 Å². The molecule has 1 saturated heterocycles. The highest BCUT2D eigenvalue weighted by Gasteiger charge is 2.50. The number of ether oxygens (including phenoxy) is 2. The molecule has 8 heteroatoms. The van der Waals surface area contributed by atoms with Crippen molar-refractivity contribution in [3.05, 3.63) is 59.7 Å². The van der Waals surface area contributed by atoms with Crippen LogP contribution in [0.3, 0.4) is 0 Å². The van der Waals surface area contributed by atoms with E-state index in [1.165, 1.54) is 0 Å². The monoisotopic (exact) mass is 450 g/mol. The molecule has 5 rings (SSSR count). The summed E-state index contributed by atoms with van der Waals surface area (Å²) in [5.41, 5.74) is 3.71. The minimum absolute atomic E-state index is 0.0483. The quantitative estimate of drug-likeness (QED) is 0.597. The molecule has 2 fully saturated rings. The Morgan fingerprint density at radius 2 is 1.64 bits per heavy atom. The molecule has 172 valence electrons. The smallest absolute Gasteiger partial charge is 0.407 e. The maximum Gasteiger partial charge on any atom is 0.407 e. The van der Waals surface area contributed by atoms with Gasteiger partial charge in [-0.15, -0.1) is 0 Å². The van der Waals surface area contributed by atoms with Crippen LogP contribution in [0.4, 0.5) is 4.79 Å². The molecule has 2 unspecified atom stereocenters. The van der Waals surface area contributed by atoms with Crippen LogP contribution in [0, 0.1) is 11.3 Å². The van der Waals surface area contributed by atoms with Crippen molar-refractivity contribution in [3.8, 4) is 11.1 Å². The summed E-state index contributed by atoms with van der Waals surface area (Å²) in [5, 5.41) is 14.7. The van der Waals surface area contributed by atoms with Crippen LogP contribution in [0.5, 0.6) is 0 Å². The van der Waals surface area contributed by atoms with E-state index < -0.39 is 29.4 Å². The van der Waals surface area contributed by atoms with Gasteiger partial charge in [-0.3, -0.25) is 9.59 Å². The van der Waals surface area contributed by atoms with Gasteiger partial charge in [-0.1, -0.05) is 48.5 Å². The fourth-order valence-electron chi connectivity index (χ4n) is 4.75. The number of fused-ring (bicyclic) bond motifs is 3. The summed E-state index contributed by atoms with van der Waals surface area (Å²) in [6, 6.07) is 15.7. The summed E-state index contributed by atoms with van der Waals surface area (Å²) >= 11 is 0. The van der Waals surface area contributed by atoms with Crippen LogP contribution >= 0.6 is 0 Å². The second-order valence-electron chi connectivity index (χ2n) is 9.02. The number of hydrogen-bond donors (Lipinski definition) is 3. The number of carboxylic acid groups (broad SMARTS) is 1. The average molecular weight is 450 g/mol. The van der Waals surface area contributed by atoms with Gasteiger partial charge < -0.3 is 25.2 Å². The molecule has 1 aliphatic heterocycles. The molecule has 2 aliphatic carbocycles. The minimum Gasteiger partial charge on any atom is -0.481 e. The van der Waals surface area contributed by atoms with Crippen molar-refractivity contribution in [2.75, 3.05) is 26.4 Å². The normalized spacial score (nSPS) is 22.2. The number of carboxylic acids is 1. The highest BCUT2D eigenvalue weighted by molar-refractivity contribution is 5.83. The van der Waals surface area contributed by atoms with E-state index in [2.05, 4.69) is 34.9 Å². The molecule has 0 aromatic heterocycles. The minimum atomic E-state index is -0.890. The topological polar surface area (TPSA) is 114 Å². The standard InChI is InChI=1S/C25H26N2O6/c28-22(26-14-25(9-10-25)23(29)30)20-11-32-13-21(20)27-24(31)33-12-19-17-7-3-1-5-15(17)16-6-2-4-8-18(16)19/h1-8,19-21H,9-14H2,(H,26,28)(H,27,31)(H,29,30). The molecular weight excluding hydrogens is 424 g/mol.